The number of nitrogens with zero attached hydrogens (tertiary/aromatic N) is 3. The van der Waals surface area contributed by atoms with Crippen molar-refractivity contribution in [2.24, 2.45) is 11.7 Å². The third-order valence-electron chi connectivity index (χ3n) is 4.44. The number of aryl methyl sites for hydroxylation is 1. The normalized spacial score (nSPS) is 17.6. The molecule has 2 heterocycles. The largest absolute Gasteiger partial charge is 0.369 e. The molecule has 1 aromatic carbocycles. The number of amides is 2. The molecule has 1 saturated heterocycles. The van der Waals surface area contributed by atoms with Gasteiger partial charge in [-0.2, -0.15) is 5.10 Å². The molecule has 0 saturated carbocycles. The molecule has 1 atom stereocenters. The molecule has 1 aliphatic rings. The lowest BCUT2D eigenvalue weighted by Gasteiger charge is -2.15. The summed E-state index contributed by atoms with van der Waals surface area (Å²) in [7, 11) is 0. The van der Waals surface area contributed by atoms with Crippen molar-refractivity contribution in [3.05, 3.63) is 47.7 Å². The maximum Gasteiger partial charge on any atom is 0.239 e. The summed E-state index contributed by atoms with van der Waals surface area (Å²) in [6, 6.07) is 9.97. The van der Waals surface area contributed by atoms with Gasteiger partial charge in [0.25, 0.3) is 0 Å². The molecule has 7 heteroatoms. The maximum atomic E-state index is 12.3. The first-order valence-electron chi connectivity index (χ1n) is 8.40. The van der Waals surface area contributed by atoms with Crippen molar-refractivity contribution < 1.29 is 9.59 Å². The number of hydrogen-bond donors (Lipinski definition) is 2. The molecule has 2 aromatic rings. The number of anilines is 1. The maximum absolute atomic E-state index is 12.3. The Bertz CT molecular complexity index is 770. The van der Waals surface area contributed by atoms with Crippen LogP contribution in [0, 0.1) is 12.8 Å². The minimum Gasteiger partial charge on any atom is -0.369 e. The number of carbonyl (C=O) groups is 2. The van der Waals surface area contributed by atoms with Crippen LogP contribution in [0.1, 0.15) is 17.5 Å². The van der Waals surface area contributed by atoms with E-state index < -0.39 is 0 Å². The number of carbonyl (C=O) groups excluding carboxylic acids is 2. The van der Waals surface area contributed by atoms with Gasteiger partial charge in [-0.05, 0) is 25.5 Å². The Morgan fingerprint density at radius 1 is 1.36 bits per heavy atom. The third kappa shape index (κ3) is 4.45. The predicted molar refractivity (Wildman–Crippen MR) is 94.9 cm³/mol. The molecule has 0 aliphatic carbocycles. The Morgan fingerprint density at radius 3 is 2.92 bits per heavy atom. The average molecular weight is 341 g/mol. The van der Waals surface area contributed by atoms with Crippen LogP contribution in [0.2, 0.25) is 0 Å². The number of nitrogens with one attached hydrogen (secondary N) is 1. The van der Waals surface area contributed by atoms with Gasteiger partial charge in [-0.25, -0.2) is 4.68 Å². The van der Waals surface area contributed by atoms with Crippen LogP contribution in [0.3, 0.4) is 0 Å². The van der Waals surface area contributed by atoms with Crippen molar-refractivity contribution in [1.82, 2.24) is 14.7 Å². The van der Waals surface area contributed by atoms with Crippen molar-refractivity contribution in [3.8, 4) is 0 Å². The first-order chi connectivity index (χ1) is 12.0. The summed E-state index contributed by atoms with van der Waals surface area (Å²) in [6.45, 7) is 4.15. The van der Waals surface area contributed by atoms with Gasteiger partial charge in [-0.3, -0.25) is 14.5 Å². The first-order valence-corrected chi connectivity index (χ1v) is 8.40. The fraction of sp³-hybridized carbons (Fsp3) is 0.389. The number of aromatic nitrogens is 2. The topological polar surface area (TPSA) is 93.2 Å². The van der Waals surface area contributed by atoms with E-state index in [2.05, 4.69) is 16.5 Å². The minimum absolute atomic E-state index is 0.115. The van der Waals surface area contributed by atoms with Gasteiger partial charge >= 0.3 is 0 Å². The van der Waals surface area contributed by atoms with E-state index in [9.17, 15) is 9.59 Å². The van der Waals surface area contributed by atoms with Crippen LogP contribution in [-0.2, 0) is 16.1 Å². The molecule has 1 aliphatic heterocycles. The molecule has 3 rings (SSSR count). The molecule has 1 aromatic heterocycles. The highest BCUT2D eigenvalue weighted by Gasteiger charge is 2.27. The zero-order chi connectivity index (χ0) is 17.8. The van der Waals surface area contributed by atoms with Crippen LogP contribution in [-0.4, -0.2) is 46.1 Å². The highest BCUT2D eigenvalue weighted by Crippen LogP contribution is 2.16. The number of likely N-dealkylation sites (tertiary alicyclic amines) is 1. The highest BCUT2D eigenvalue weighted by atomic mass is 16.2. The lowest BCUT2D eigenvalue weighted by molar-refractivity contribution is -0.122. The minimum atomic E-state index is -0.292. The second kappa shape index (κ2) is 7.48. The molecule has 3 N–H and O–H groups in total. The van der Waals surface area contributed by atoms with Gasteiger partial charge in [0, 0.05) is 12.6 Å². The van der Waals surface area contributed by atoms with E-state index in [0.717, 1.165) is 5.56 Å². The molecule has 2 amide bonds. The number of nitrogens with two attached hydrogens (primary N) is 1. The molecular formula is C18H23N5O2. The van der Waals surface area contributed by atoms with E-state index in [1.54, 1.807) is 16.9 Å². The summed E-state index contributed by atoms with van der Waals surface area (Å²) in [5, 5.41) is 7.19. The van der Waals surface area contributed by atoms with Gasteiger partial charge in [0.15, 0.2) is 0 Å². The van der Waals surface area contributed by atoms with Gasteiger partial charge in [0.1, 0.15) is 5.82 Å². The summed E-state index contributed by atoms with van der Waals surface area (Å²) in [5.41, 5.74) is 7.64. The van der Waals surface area contributed by atoms with E-state index in [-0.39, 0.29) is 24.3 Å². The summed E-state index contributed by atoms with van der Waals surface area (Å²) in [5.74, 6) is 0.104. The van der Waals surface area contributed by atoms with E-state index in [4.69, 9.17) is 5.73 Å². The quantitative estimate of drug-likeness (QED) is 0.819. The summed E-state index contributed by atoms with van der Waals surface area (Å²) >= 11 is 0. The lowest BCUT2D eigenvalue weighted by Crippen LogP contribution is -2.33. The van der Waals surface area contributed by atoms with Crippen molar-refractivity contribution in [2.75, 3.05) is 25.0 Å². The molecule has 132 valence electrons. The van der Waals surface area contributed by atoms with Crippen molar-refractivity contribution in [3.63, 3.8) is 0 Å². The number of hydrogen-bond acceptors (Lipinski definition) is 4. The molecule has 1 fully saturated rings. The van der Waals surface area contributed by atoms with Gasteiger partial charge in [-0.15, -0.1) is 0 Å². The van der Waals surface area contributed by atoms with Gasteiger partial charge in [-0.1, -0.05) is 29.8 Å². The van der Waals surface area contributed by atoms with Crippen LogP contribution >= 0.6 is 0 Å². The van der Waals surface area contributed by atoms with Gasteiger partial charge in [0.05, 0.1) is 25.2 Å². The van der Waals surface area contributed by atoms with Crippen LogP contribution < -0.4 is 11.1 Å². The third-order valence-corrected chi connectivity index (χ3v) is 4.44. The molecule has 0 unspecified atom stereocenters. The van der Waals surface area contributed by atoms with E-state index in [1.165, 1.54) is 5.56 Å². The molecule has 0 radical (unpaired) electrons. The monoisotopic (exact) mass is 341 g/mol. The van der Waals surface area contributed by atoms with E-state index in [0.29, 0.717) is 31.9 Å². The Morgan fingerprint density at radius 2 is 2.20 bits per heavy atom. The van der Waals surface area contributed by atoms with Crippen molar-refractivity contribution in [2.45, 2.75) is 19.9 Å². The Kier molecular flexibility index (Phi) is 5.14. The van der Waals surface area contributed by atoms with E-state index >= 15 is 0 Å². The Hall–Kier alpha value is -2.67. The van der Waals surface area contributed by atoms with Gasteiger partial charge in [0.2, 0.25) is 11.8 Å². The van der Waals surface area contributed by atoms with Crippen LogP contribution in [0.25, 0.3) is 0 Å². The summed E-state index contributed by atoms with van der Waals surface area (Å²) < 4.78 is 1.77. The summed E-state index contributed by atoms with van der Waals surface area (Å²) in [6.07, 6.45) is 2.39. The first kappa shape index (κ1) is 17.2. The second-order valence-corrected chi connectivity index (χ2v) is 6.53. The lowest BCUT2D eigenvalue weighted by atomic mass is 10.1. The van der Waals surface area contributed by atoms with Crippen LogP contribution in [0.15, 0.2) is 36.5 Å². The molecule has 0 bridgehead atoms. The number of primary amides is 1. The zero-order valence-corrected chi connectivity index (χ0v) is 14.3. The fourth-order valence-electron chi connectivity index (χ4n) is 3.14. The molecule has 0 spiro atoms. The Balaban J connectivity index is 1.57. The zero-order valence-electron chi connectivity index (χ0n) is 14.3. The van der Waals surface area contributed by atoms with Crippen LogP contribution in [0.4, 0.5) is 5.82 Å². The Labute approximate surface area is 146 Å². The molecule has 7 nitrogen and oxygen atoms in total. The smallest absolute Gasteiger partial charge is 0.239 e. The molecular weight excluding hydrogens is 318 g/mol. The SMILES string of the molecule is Cc1cccc(Cn2nccc2NC(=O)CN2CC[C@@H](C(N)=O)C2)c1. The fourth-order valence-corrected chi connectivity index (χ4v) is 3.14. The highest BCUT2D eigenvalue weighted by molar-refractivity contribution is 5.91. The average Bonchev–Trinajstić information content (AvgIpc) is 3.17. The van der Waals surface area contributed by atoms with E-state index in [1.807, 2.05) is 30.0 Å². The van der Waals surface area contributed by atoms with Crippen molar-refractivity contribution in [1.29, 1.82) is 0 Å². The summed E-state index contributed by atoms with van der Waals surface area (Å²) in [4.78, 5) is 25.5. The standard InChI is InChI=1S/C18H23N5O2/c1-13-3-2-4-14(9-13)10-23-16(5-7-20-23)21-17(24)12-22-8-6-15(11-22)18(19)25/h2-5,7,9,15H,6,8,10-12H2,1H3,(H2,19,25)(H,21,24)/t15-/m1/s1. The van der Waals surface area contributed by atoms with Crippen LogP contribution in [0.5, 0.6) is 0 Å². The number of rotatable bonds is 6. The number of benzene rings is 1. The van der Waals surface area contributed by atoms with Gasteiger partial charge < -0.3 is 11.1 Å². The molecule has 25 heavy (non-hydrogen) atoms. The second-order valence-electron chi connectivity index (χ2n) is 6.53. The van der Waals surface area contributed by atoms with Crippen molar-refractivity contribution >= 4 is 17.6 Å². The predicted octanol–water partition coefficient (Wildman–Crippen LogP) is 0.986.